The summed E-state index contributed by atoms with van der Waals surface area (Å²) in [6.45, 7) is 4.30. The molecule has 6 nitrogen and oxygen atoms in total. The summed E-state index contributed by atoms with van der Waals surface area (Å²) >= 11 is 6.00. The third-order valence-corrected chi connectivity index (χ3v) is 6.75. The van der Waals surface area contributed by atoms with Crippen LogP contribution in [0, 0.1) is 11.8 Å². The fourth-order valence-corrected chi connectivity index (χ4v) is 4.63. The first-order valence-corrected chi connectivity index (χ1v) is 10.7. The molecule has 1 saturated carbocycles. The van der Waals surface area contributed by atoms with Gasteiger partial charge in [0.05, 0.1) is 5.69 Å². The van der Waals surface area contributed by atoms with Gasteiger partial charge in [0.15, 0.2) is 0 Å². The number of anilines is 2. The second kappa shape index (κ2) is 7.93. The van der Waals surface area contributed by atoms with Crippen molar-refractivity contribution in [3.05, 3.63) is 59.1 Å². The van der Waals surface area contributed by atoms with Gasteiger partial charge in [-0.05, 0) is 48.6 Å². The molecule has 4 rings (SSSR count). The third-order valence-electron chi connectivity index (χ3n) is 6.50. The number of rotatable bonds is 3. The first-order chi connectivity index (χ1) is 14.3. The lowest BCUT2D eigenvalue weighted by molar-refractivity contribution is -0.141. The molecule has 2 aliphatic rings. The maximum absolute atomic E-state index is 13.6. The summed E-state index contributed by atoms with van der Waals surface area (Å²) in [5.74, 6) is 0.154. The van der Waals surface area contributed by atoms with Crippen LogP contribution in [-0.4, -0.2) is 23.1 Å². The number of fused-ring (bicyclic) bond motifs is 1. The van der Waals surface area contributed by atoms with Gasteiger partial charge in [0.2, 0.25) is 0 Å². The van der Waals surface area contributed by atoms with E-state index in [4.69, 9.17) is 11.6 Å². The highest BCUT2D eigenvalue weighted by atomic mass is 35.5. The lowest BCUT2D eigenvalue weighted by atomic mass is 9.78. The zero-order chi connectivity index (χ0) is 21.5. The molecule has 0 aromatic heterocycles. The number of hydrogen-bond donors (Lipinski definition) is 3. The van der Waals surface area contributed by atoms with Gasteiger partial charge < -0.3 is 15.7 Å². The summed E-state index contributed by atoms with van der Waals surface area (Å²) in [5, 5.41) is 18.2. The number of hydrogen-bond acceptors (Lipinski definition) is 3. The number of amides is 3. The van der Waals surface area contributed by atoms with Gasteiger partial charge in [0.25, 0.3) is 11.6 Å². The average Bonchev–Trinajstić information content (AvgIpc) is 2.72. The molecule has 1 fully saturated rings. The Hall–Kier alpha value is -2.57. The smallest absolute Gasteiger partial charge is 0.329 e. The van der Waals surface area contributed by atoms with Gasteiger partial charge in [-0.25, -0.2) is 4.79 Å². The molecule has 4 atom stereocenters. The molecule has 0 saturated heterocycles. The van der Waals surface area contributed by atoms with Crippen LogP contribution in [-0.2, 0) is 10.5 Å². The Kier molecular flexibility index (Phi) is 5.47. The van der Waals surface area contributed by atoms with E-state index in [0.29, 0.717) is 27.9 Å². The molecule has 0 unspecified atom stereocenters. The Morgan fingerprint density at radius 1 is 1.17 bits per heavy atom. The van der Waals surface area contributed by atoms with Crippen LogP contribution >= 0.6 is 11.6 Å². The molecule has 1 aliphatic carbocycles. The molecule has 1 aliphatic heterocycles. The van der Waals surface area contributed by atoms with E-state index >= 15 is 0 Å². The lowest BCUT2D eigenvalue weighted by Gasteiger charge is -2.44. The van der Waals surface area contributed by atoms with Crippen LogP contribution in [0.5, 0.6) is 0 Å². The van der Waals surface area contributed by atoms with Gasteiger partial charge in [0.1, 0.15) is 0 Å². The minimum Gasteiger partial charge on any atom is -0.359 e. The number of carbonyl (C=O) groups is 2. The summed E-state index contributed by atoms with van der Waals surface area (Å²) in [6.07, 6.45) is 2.99. The van der Waals surface area contributed by atoms with Crippen LogP contribution in [0.2, 0.25) is 5.02 Å². The molecule has 0 spiro atoms. The van der Waals surface area contributed by atoms with Gasteiger partial charge in [0, 0.05) is 22.3 Å². The molecule has 2 aromatic rings. The molecule has 158 valence electrons. The summed E-state index contributed by atoms with van der Waals surface area (Å²) in [6, 6.07) is 12.6. The molecular formula is C23H26ClN3O3. The molecule has 3 N–H and O–H groups in total. The summed E-state index contributed by atoms with van der Waals surface area (Å²) in [4.78, 5) is 27.7. The average molecular weight is 428 g/mol. The quantitative estimate of drug-likeness (QED) is 0.675. The van der Waals surface area contributed by atoms with Crippen molar-refractivity contribution in [2.45, 2.75) is 44.9 Å². The van der Waals surface area contributed by atoms with Crippen molar-refractivity contribution in [2.75, 3.05) is 10.2 Å². The Morgan fingerprint density at radius 2 is 1.87 bits per heavy atom. The van der Waals surface area contributed by atoms with Gasteiger partial charge >= 0.3 is 6.03 Å². The highest BCUT2D eigenvalue weighted by molar-refractivity contribution is 6.30. The predicted octanol–water partition coefficient (Wildman–Crippen LogP) is 4.48. The number of nitrogens with zero attached hydrogens (tertiary/aromatic N) is 1. The number of halogens is 1. The standard InChI is InChI=1S/C23H26ClN3O3/c1-14-6-5-9-19(15(14)2)25-21(28)23(30)18-7-3-4-8-20(18)26-22(29)27(23)17-12-10-16(24)11-13-17/h3-4,7-8,10-15,19,30H,5-6,9H2,1-2H3,(H,25,28)(H,26,29)/t14-,15+,19+,23+/m1/s1. The van der Waals surface area contributed by atoms with Gasteiger partial charge in [-0.2, -0.15) is 0 Å². The normalized spacial score (nSPS) is 28.5. The van der Waals surface area contributed by atoms with Crippen LogP contribution in [0.3, 0.4) is 0 Å². The molecule has 2 aromatic carbocycles. The molecular weight excluding hydrogens is 402 g/mol. The van der Waals surface area contributed by atoms with Crippen molar-refractivity contribution in [1.29, 1.82) is 0 Å². The van der Waals surface area contributed by atoms with Crippen LogP contribution in [0.4, 0.5) is 16.2 Å². The Bertz CT molecular complexity index is 964. The van der Waals surface area contributed by atoms with Crippen molar-refractivity contribution in [1.82, 2.24) is 5.32 Å². The summed E-state index contributed by atoms with van der Waals surface area (Å²) in [7, 11) is 0. The van der Waals surface area contributed by atoms with Gasteiger partial charge in [-0.15, -0.1) is 0 Å². The Labute approximate surface area is 181 Å². The topological polar surface area (TPSA) is 81.7 Å². The highest BCUT2D eigenvalue weighted by Crippen LogP contribution is 2.40. The third kappa shape index (κ3) is 3.44. The van der Waals surface area contributed by atoms with E-state index in [9.17, 15) is 14.7 Å². The second-order valence-electron chi connectivity index (χ2n) is 8.31. The van der Waals surface area contributed by atoms with Crippen LogP contribution in [0.25, 0.3) is 0 Å². The minimum absolute atomic E-state index is 0.0607. The molecule has 7 heteroatoms. The van der Waals surface area contributed by atoms with Crippen LogP contribution < -0.4 is 15.5 Å². The van der Waals surface area contributed by atoms with E-state index in [2.05, 4.69) is 24.5 Å². The maximum Gasteiger partial charge on any atom is 0.329 e. The minimum atomic E-state index is -2.19. The fourth-order valence-electron chi connectivity index (χ4n) is 4.51. The van der Waals surface area contributed by atoms with Crippen LogP contribution in [0.1, 0.15) is 38.7 Å². The van der Waals surface area contributed by atoms with E-state index in [1.54, 1.807) is 48.5 Å². The van der Waals surface area contributed by atoms with Crippen molar-refractivity contribution in [2.24, 2.45) is 11.8 Å². The Morgan fingerprint density at radius 3 is 2.60 bits per heavy atom. The number of aliphatic hydroxyl groups is 1. The molecule has 30 heavy (non-hydrogen) atoms. The zero-order valence-electron chi connectivity index (χ0n) is 17.1. The van der Waals surface area contributed by atoms with Crippen molar-refractivity contribution in [3.8, 4) is 0 Å². The van der Waals surface area contributed by atoms with Gasteiger partial charge in [-0.3, -0.25) is 9.69 Å². The number of benzene rings is 2. The van der Waals surface area contributed by atoms with Crippen LogP contribution in [0.15, 0.2) is 48.5 Å². The monoisotopic (exact) mass is 427 g/mol. The number of para-hydroxylation sites is 1. The first kappa shape index (κ1) is 20.7. The first-order valence-electron chi connectivity index (χ1n) is 10.3. The van der Waals surface area contributed by atoms with Gasteiger partial charge in [-0.1, -0.05) is 56.5 Å². The fraction of sp³-hybridized carbons (Fsp3) is 0.391. The molecule has 0 bridgehead atoms. The molecule has 3 amide bonds. The van der Waals surface area contributed by atoms with E-state index in [1.165, 1.54) is 0 Å². The maximum atomic E-state index is 13.6. The Balaban J connectivity index is 1.77. The number of carbonyl (C=O) groups excluding carboxylic acids is 2. The van der Waals surface area contributed by atoms with Crippen molar-refractivity contribution < 1.29 is 14.7 Å². The summed E-state index contributed by atoms with van der Waals surface area (Å²) < 4.78 is 0. The molecule has 0 radical (unpaired) electrons. The highest BCUT2D eigenvalue weighted by Gasteiger charge is 2.52. The zero-order valence-corrected chi connectivity index (χ0v) is 17.8. The van der Waals surface area contributed by atoms with E-state index < -0.39 is 17.7 Å². The van der Waals surface area contributed by atoms with E-state index in [1.807, 2.05) is 0 Å². The number of nitrogens with one attached hydrogen (secondary N) is 2. The van der Waals surface area contributed by atoms with Crippen molar-refractivity contribution >= 4 is 34.9 Å². The second-order valence-corrected chi connectivity index (χ2v) is 8.74. The predicted molar refractivity (Wildman–Crippen MR) is 117 cm³/mol. The SMILES string of the molecule is C[C@H]1[C@H](C)CCC[C@@H]1NC(=O)[C@@]1(O)c2ccccc2NC(=O)N1c1ccc(Cl)cc1. The number of urea groups is 1. The molecule has 1 heterocycles. The summed E-state index contributed by atoms with van der Waals surface area (Å²) in [5.41, 5.74) is -1.08. The van der Waals surface area contributed by atoms with E-state index in [0.717, 1.165) is 24.2 Å². The van der Waals surface area contributed by atoms with Crippen molar-refractivity contribution in [3.63, 3.8) is 0 Å². The largest absolute Gasteiger partial charge is 0.359 e. The lowest BCUT2D eigenvalue weighted by Crippen LogP contribution is -2.64. The van der Waals surface area contributed by atoms with E-state index in [-0.39, 0.29) is 12.0 Å².